The van der Waals surface area contributed by atoms with Crippen molar-refractivity contribution in [3.8, 4) is 11.6 Å². The molecule has 0 spiro atoms. The number of aromatic nitrogens is 2. The lowest BCUT2D eigenvalue weighted by atomic mass is 9.77. The van der Waals surface area contributed by atoms with E-state index in [-0.39, 0.29) is 31.2 Å². The third kappa shape index (κ3) is 8.85. The Bertz CT molecular complexity index is 2160. The molecule has 2 aromatic rings. The standard InChI is InChI=1S/C45H62F2N4O9S/c1-8-28-35-25-51(37(28)34(52)24-45(23-30(45)38(46)47)41(55)50-61(56,57)43(5)19-20-43)40(54)29(42(2,3)4)22-36(53)60-44(6)18-12-14-26(44)13-10-9-11-15-32-39(59-35)49-33-21-27(58-7)16-17-31(33)48-32/h16-17,21,26,28-30,35,37-38H,8-15,18-20,22-25H2,1-7H3,(H,50,55)/t26-,28-,29-,30+,35+,37?,44-,45-/m1/s1. The van der Waals surface area contributed by atoms with E-state index in [1.54, 1.807) is 19.2 Å². The molecule has 2 bridgehead atoms. The van der Waals surface area contributed by atoms with Crippen molar-refractivity contribution >= 4 is 44.6 Å². The second-order valence-corrected chi connectivity index (χ2v) is 22.1. The molecule has 3 saturated carbocycles. The quantitative estimate of drug-likeness (QED) is 0.255. The largest absolute Gasteiger partial charge is 0.497 e. The fourth-order valence-corrected chi connectivity index (χ4v) is 11.5. The van der Waals surface area contributed by atoms with Crippen LogP contribution in [-0.4, -0.2) is 89.4 Å². The molecule has 336 valence electrons. The number of nitrogens with one attached hydrogen (secondary N) is 1. The number of esters is 1. The number of methoxy groups -OCH3 is 1. The summed E-state index contributed by atoms with van der Waals surface area (Å²) in [7, 11) is -2.65. The smallest absolute Gasteiger partial charge is 0.307 e. The number of aryl methyl sites for hydroxylation is 1. The Balaban J connectivity index is 1.29. The van der Waals surface area contributed by atoms with Gasteiger partial charge in [0, 0.05) is 24.3 Å². The zero-order chi connectivity index (χ0) is 44.3. The summed E-state index contributed by atoms with van der Waals surface area (Å²) in [6.07, 6.45) is 2.36. The first kappa shape index (κ1) is 45.1. The second-order valence-electron chi connectivity index (χ2n) is 19.9. The molecule has 1 aromatic heterocycles. The Morgan fingerprint density at radius 1 is 1.03 bits per heavy atom. The maximum absolute atomic E-state index is 15.1. The van der Waals surface area contributed by atoms with Gasteiger partial charge < -0.3 is 19.1 Å². The molecule has 1 aromatic carbocycles. The van der Waals surface area contributed by atoms with Crippen LogP contribution >= 0.6 is 0 Å². The average Bonchev–Trinajstić information content (AvgIpc) is 4.05. The summed E-state index contributed by atoms with van der Waals surface area (Å²) in [5.41, 5.74) is -1.68. The Labute approximate surface area is 357 Å². The highest BCUT2D eigenvalue weighted by molar-refractivity contribution is 7.91. The summed E-state index contributed by atoms with van der Waals surface area (Å²) in [5.74, 6) is -5.01. The maximum atomic E-state index is 15.1. The molecule has 8 atom stereocenters. The number of ether oxygens (including phenoxy) is 3. The van der Waals surface area contributed by atoms with Crippen LogP contribution in [0.25, 0.3) is 11.0 Å². The number of rotatable bonds is 9. The summed E-state index contributed by atoms with van der Waals surface area (Å²) in [5, 5.41) is 0. The number of hydrogen-bond acceptors (Lipinski definition) is 11. The highest BCUT2D eigenvalue weighted by atomic mass is 32.2. The van der Waals surface area contributed by atoms with Gasteiger partial charge in [-0.05, 0) is 102 Å². The highest BCUT2D eigenvalue weighted by Gasteiger charge is 2.67. The van der Waals surface area contributed by atoms with E-state index in [9.17, 15) is 31.6 Å². The Morgan fingerprint density at radius 3 is 2.39 bits per heavy atom. The first-order valence-corrected chi connectivity index (χ1v) is 23.5. The van der Waals surface area contributed by atoms with Crippen molar-refractivity contribution in [2.24, 2.45) is 34.5 Å². The van der Waals surface area contributed by atoms with Crippen LogP contribution in [-0.2, 0) is 40.4 Å². The zero-order valence-electron chi connectivity index (χ0n) is 36.6. The number of amides is 2. The topological polar surface area (TPSA) is 171 Å². The molecule has 2 aliphatic heterocycles. The van der Waals surface area contributed by atoms with Crippen molar-refractivity contribution in [3.63, 3.8) is 0 Å². The van der Waals surface area contributed by atoms with Gasteiger partial charge >= 0.3 is 5.97 Å². The fraction of sp³-hybridized carbons (Fsp3) is 0.733. The molecular formula is C45H62F2N4O9S. The van der Waals surface area contributed by atoms with Crippen LogP contribution in [0.5, 0.6) is 11.6 Å². The number of carbonyl (C=O) groups is 4. The van der Waals surface area contributed by atoms with E-state index < -0.39 is 97.5 Å². The summed E-state index contributed by atoms with van der Waals surface area (Å²) in [6.45, 7) is 10.7. The molecule has 13 nitrogen and oxygen atoms in total. The Morgan fingerprint density at radius 2 is 1.75 bits per heavy atom. The number of alkyl halides is 2. The van der Waals surface area contributed by atoms with Crippen LogP contribution in [0.3, 0.4) is 0 Å². The monoisotopic (exact) mass is 872 g/mol. The van der Waals surface area contributed by atoms with Crippen molar-refractivity contribution in [3.05, 3.63) is 23.9 Å². The lowest BCUT2D eigenvalue weighted by Gasteiger charge is -2.37. The minimum atomic E-state index is -4.20. The summed E-state index contributed by atoms with van der Waals surface area (Å²) < 4.78 is 74.7. The third-order valence-electron chi connectivity index (χ3n) is 14.7. The van der Waals surface area contributed by atoms with Crippen molar-refractivity contribution in [1.29, 1.82) is 0 Å². The maximum Gasteiger partial charge on any atom is 0.307 e. The average molecular weight is 873 g/mol. The van der Waals surface area contributed by atoms with Crippen LogP contribution in [0.4, 0.5) is 8.78 Å². The number of benzene rings is 1. The number of nitrogens with zero attached hydrogens (tertiary/aromatic N) is 3. The number of Topliss-reactive ketones (excluding diaryl/α,β-unsaturated/α-hetero) is 1. The third-order valence-corrected chi connectivity index (χ3v) is 16.8. The van der Waals surface area contributed by atoms with Crippen LogP contribution in [0, 0.1) is 34.5 Å². The van der Waals surface area contributed by atoms with Crippen LogP contribution in [0.15, 0.2) is 18.2 Å². The predicted octanol–water partition coefficient (Wildman–Crippen LogP) is 7.12. The molecule has 1 saturated heterocycles. The van der Waals surface area contributed by atoms with Gasteiger partial charge in [0.2, 0.25) is 34.1 Å². The normalized spacial score (nSPS) is 31.9. The summed E-state index contributed by atoms with van der Waals surface area (Å²) >= 11 is 0. The molecule has 1 N–H and O–H groups in total. The number of carbonyl (C=O) groups excluding carboxylic acids is 4. The van der Waals surface area contributed by atoms with Gasteiger partial charge in [-0.2, -0.15) is 0 Å². The van der Waals surface area contributed by atoms with Gasteiger partial charge in [0.25, 0.3) is 0 Å². The lowest BCUT2D eigenvalue weighted by Crippen LogP contribution is -2.50. The molecule has 1 unspecified atom stereocenters. The predicted molar refractivity (Wildman–Crippen MR) is 222 cm³/mol. The van der Waals surface area contributed by atoms with Gasteiger partial charge in [-0.15, -0.1) is 0 Å². The molecule has 4 fully saturated rings. The van der Waals surface area contributed by atoms with Crippen LogP contribution in [0.2, 0.25) is 0 Å². The number of halogens is 2. The zero-order valence-corrected chi connectivity index (χ0v) is 37.4. The highest BCUT2D eigenvalue weighted by Crippen LogP contribution is 2.59. The van der Waals surface area contributed by atoms with Gasteiger partial charge in [0.1, 0.15) is 23.1 Å². The molecular weight excluding hydrogens is 811 g/mol. The van der Waals surface area contributed by atoms with E-state index in [1.165, 1.54) is 11.8 Å². The number of ketones is 1. The van der Waals surface area contributed by atoms with Crippen molar-refractivity contribution in [2.45, 2.75) is 160 Å². The van der Waals surface area contributed by atoms with Gasteiger partial charge in [-0.3, -0.25) is 23.9 Å². The molecule has 16 heteroatoms. The molecule has 7 rings (SSSR count). The number of fused-ring (bicyclic) bond motifs is 5. The molecule has 0 radical (unpaired) electrons. The van der Waals surface area contributed by atoms with Crippen molar-refractivity contribution < 1.29 is 50.6 Å². The Kier molecular flexibility index (Phi) is 12.3. The van der Waals surface area contributed by atoms with E-state index in [0.717, 1.165) is 38.5 Å². The molecule has 2 amide bonds. The minimum absolute atomic E-state index is 0.101. The lowest BCUT2D eigenvalue weighted by molar-refractivity contribution is -0.167. The van der Waals surface area contributed by atoms with E-state index >= 15 is 4.79 Å². The van der Waals surface area contributed by atoms with E-state index in [0.29, 0.717) is 54.6 Å². The fourth-order valence-electron chi connectivity index (χ4n) is 10.2. The number of hydrogen-bond donors (Lipinski definition) is 1. The van der Waals surface area contributed by atoms with Crippen molar-refractivity contribution in [1.82, 2.24) is 19.6 Å². The van der Waals surface area contributed by atoms with Gasteiger partial charge in [0.15, 0.2) is 5.78 Å². The Hall–Kier alpha value is -3.95. The van der Waals surface area contributed by atoms with Gasteiger partial charge in [-0.1, -0.05) is 40.5 Å². The first-order valence-electron chi connectivity index (χ1n) is 22.1. The molecule has 5 aliphatic rings. The van der Waals surface area contributed by atoms with E-state index in [2.05, 4.69) is 4.72 Å². The second kappa shape index (κ2) is 16.6. The van der Waals surface area contributed by atoms with Gasteiger partial charge in [-0.25, -0.2) is 27.2 Å². The van der Waals surface area contributed by atoms with Crippen LogP contribution < -0.4 is 14.2 Å². The van der Waals surface area contributed by atoms with Gasteiger partial charge in [0.05, 0.1) is 53.2 Å². The first-order chi connectivity index (χ1) is 28.6. The minimum Gasteiger partial charge on any atom is -0.497 e. The van der Waals surface area contributed by atoms with Crippen LogP contribution in [0.1, 0.15) is 131 Å². The molecule has 61 heavy (non-hydrogen) atoms. The van der Waals surface area contributed by atoms with E-state index in [1.807, 2.05) is 40.7 Å². The summed E-state index contributed by atoms with van der Waals surface area (Å²) in [6, 6.07) is 4.13. The number of sulfonamides is 1. The molecule has 3 heterocycles. The summed E-state index contributed by atoms with van der Waals surface area (Å²) in [4.78, 5) is 69.2. The molecule has 3 aliphatic carbocycles. The SMILES string of the molecule is CC[C@H]1C(C(=O)C[C@]2(C(=O)NS(=O)(=O)C3(C)CC3)C[C@H]2C(F)F)N2C[C@@H]1Oc1nc3cc(OC)ccc3nc1CCCCC[C@@H]1CCC[C@@]1(C)OC(=O)C[C@@H](C(C)(C)C)C2=O. The van der Waals surface area contributed by atoms with E-state index in [4.69, 9.17) is 24.2 Å². The van der Waals surface area contributed by atoms with Crippen molar-refractivity contribution in [2.75, 3.05) is 13.7 Å².